The average Bonchev–Trinajstić information content (AvgIpc) is 3.28. The van der Waals surface area contributed by atoms with E-state index in [1.807, 2.05) is 26.0 Å². The van der Waals surface area contributed by atoms with Gasteiger partial charge in [-0.3, -0.25) is 0 Å². The molecular formula is C17H22O4. The maximum absolute atomic E-state index is 11.4. The highest BCUT2D eigenvalue weighted by molar-refractivity contribution is 5.87. The van der Waals surface area contributed by atoms with E-state index >= 15 is 0 Å². The first kappa shape index (κ1) is 15.7. The molecule has 1 aromatic rings. The Morgan fingerprint density at radius 3 is 2.95 bits per heavy atom. The van der Waals surface area contributed by atoms with Gasteiger partial charge in [-0.15, -0.1) is 0 Å². The lowest BCUT2D eigenvalue weighted by molar-refractivity contribution is -0.137. The molecule has 0 aliphatic carbocycles. The van der Waals surface area contributed by atoms with Crippen molar-refractivity contribution in [2.75, 3.05) is 19.8 Å². The van der Waals surface area contributed by atoms with Crippen molar-refractivity contribution in [2.45, 2.75) is 33.0 Å². The van der Waals surface area contributed by atoms with Gasteiger partial charge in [-0.1, -0.05) is 23.8 Å². The zero-order valence-electron chi connectivity index (χ0n) is 12.8. The standard InChI is InChI=1S/C17H22O4/c1-4-19-17(18)8-7-14-6-5-12(2)9-16(14)13(3)20-10-15-11-21-15/h5-9,13,15H,4,10-11H2,1-3H3/t13-,15+/m1/s1. The number of hydrogen-bond donors (Lipinski definition) is 0. The van der Waals surface area contributed by atoms with Crippen molar-refractivity contribution in [3.05, 3.63) is 41.0 Å². The molecule has 1 heterocycles. The van der Waals surface area contributed by atoms with Crippen LogP contribution in [0.3, 0.4) is 0 Å². The third-order valence-electron chi connectivity index (χ3n) is 3.30. The van der Waals surface area contributed by atoms with E-state index in [0.29, 0.717) is 13.2 Å². The second-order valence-corrected chi connectivity index (χ2v) is 5.15. The van der Waals surface area contributed by atoms with Crippen molar-refractivity contribution < 1.29 is 19.0 Å². The van der Waals surface area contributed by atoms with Gasteiger partial charge in [0.25, 0.3) is 0 Å². The normalized spacial score (nSPS) is 18.7. The molecular weight excluding hydrogens is 268 g/mol. The Morgan fingerprint density at radius 1 is 1.52 bits per heavy atom. The number of carbonyl (C=O) groups excluding carboxylic acids is 1. The lowest BCUT2D eigenvalue weighted by atomic mass is 10.00. The molecule has 0 saturated carbocycles. The highest BCUT2D eigenvalue weighted by Crippen LogP contribution is 2.25. The molecule has 4 heteroatoms. The second kappa shape index (κ2) is 7.38. The van der Waals surface area contributed by atoms with Gasteiger partial charge in [0.1, 0.15) is 6.10 Å². The number of carbonyl (C=O) groups is 1. The Hall–Kier alpha value is -1.65. The number of aryl methyl sites for hydroxylation is 1. The van der Waals surface area contributed by atoms with E-state index in [0.717, 1.165) is 23.3 Å². The minimum atomic E-state index is -0.330. The Bertz CT molecular complexity index is 518. The quantitative estimate of drug-likeness (QED) is 0.440. The van der Waals surface area contributed by atoms with E-state index in [-0.39, 0.29) is 18.2 Å². The van der Waals surface area contributed by atoms with Crippen LogP contribution in [0.2, 0.25) is 0 Å². The van der Waals surface area contributed by atoms with Crippen molar-refractivity contribution in [3.8, 4) is 0 Å². The molecule has 0 bridgehead atoms. The summed E-state index contributed by atoms with van der Waals surface area (Å²) in [6.45, 7) is 7.62. The van der Waals surface area contributed by atoms with Crippen LogP contribution in [-0.2, 0) is 19.0 Å². The summed E-state index contributed by atoms with van der Waals surface area (Å²) in [6, 6.07) is 6.10. The first-order chi connectivity index (χ1) is 10.1. The van der Waals surface area contributed by atoms with E-state index in [4.69, 9.17) is 14.2 Å². The number of benzene rings is 1. The first-order valence-corrected chi connectivity index (χ1v) is 7.28. The highest BCUT2D eigenvalue weighted by Gasteiger charge is 2.24. The fraction of sp³-hybridized carbons (Fsp3) is 0.471. The van der Waals surface area contributed by atoms with Crippen molar-refractivity contribution in [2.24, 2.45) is 0 Å². The minimum Gasteiger partial charge on any atom is -0.463 e. The lowest BCUT2D eigenvalue weighted by Crippen LogP contribution is -2.08. The van der Waals surface area contributed by atoms with E-state index in [1.165, 1.54) is 6.08 Å². The largest absolute Gasteiger partial charge is 0.463 e. The van der Waals surface area contributed by atoms with Crippen LogP contribution in [0.5, 0.6) is 0 Å². The predicted octanol–water partition coefficient (Wildman–Crippen LogP) is 3.05. The lowest BCUT2D eigenvalue weighted by Gasteiger charge is -2.16. The first-order valence-electron chi connectivity index (χ1n) is 7.28. The number of epoxide rings is 1. The van der Waals surface area contributed by atoms with Crippen LogP contribution in [0.25, 0.3) is 6.08 Å². The van der Waals surface area contributed by atoms with Crippen LogP contribution in [-0.4, -0.2) is 31.9 Å². The van der Waals surface area contributed by atoms with Crippen molar-refractivity contribution in [1.29, 1.82) is 0 Å². The minimum absolute atomic E-state index is 0.0454. The zero-order valence-corrected chi connectivity index (χ0v) is 12.8. The summed E-state index contributed by atoms with van der Waals surface area (Å²) in [5.41, 5.74) is 3.20. The molecule has 4 nitrogen and oxygen atoms in total. The van der Waals surface area contributed by atoms with Gasteiger partial charge < -0.3 is 14.2 Å². The van der Waals surface area contributed by atoms with E-state index < -0.39 is 0 Å². The summed E-state index contributed by atoms with van der Waals surface area (Å²) in [4.78, 5) is 11.4. The number of hydrogen-bond acceptors (Lipinski definition) is 4. The molecule has 2 rings (SSSR count). The molecule has 0 unspecified atom stereocenters. The van der Waals surface area contributed by atoms with E-state index in [9.17, 15) is 4.79 Å². The van der Waals surface area contributed by atoms with Crippen molar-refractivity contribution in [3.63, 3.8) is 0 Å². The molecule has 1 saturated heterocycles. The molecule has 0 aromatic heterocycles. The zero-order chi connectivity index (χ0) is 15.2. The molecule has 21 heavy (non-hydrogen) atoms. The van der Waals surface area contributed by atoms with Crippen LogP contribution in [0, 0.1) is 6.92 Å². The van der Waals surface area contributed by atoms with Crippen molar-refractivity contribution in [1.82, 2.24) is 0 Å². The van der Waals surface area contributed by atoms with Gasteiger partial charge in [-0.25, -0.2) is 4.79 Å². The summed E-state index contributed by atoms with van der Waals surface area (Å²) in [6.07, 6.45) is 3.43. The van der Waals surface area contributed by atoms with Crippen LogP contribution >= 0.6 is 0 Å². The predicted molar refractivity (Wildman–Crippen MR) is 81.0 cm³/mol. The van der Waals surface area contributed by atoms with Gasteiger partial charge in [-0.05, 0) is 38.0 Å². The van der Waals surface area contributed by atoms with E-state index in [1.54, 1.807) is 13.0 Å². The molecule has 2 atom stereocenters. The average molecular weight is 290 g/mol. The van der Waals surface area contributed by atoms with Crippen LogP contribution in [0.1, 0.15) is 36.6 Å². The van der Waals surface area contributed by atoms with Gasteiger partial charge in [0.05, 0.1) is 25.9 Å². The summed E-state index contributed by atoms with van der Waals surface area (Å²) in [7, 11) is 0. The molecule has 0 amide bonds. The summed E-state index contributed by atoms with van der Waals surface area (Å²) in [5, 5.41) is 0. The number of ether oxygens (including phenoxy) is 3. The summed E-state index contributed by atoms with van der Waals surface area (Å²) >= 11 is 0. The highest BCUT2D eigenvalue weighted by atomic mass is 16.6. The van der Waals surface area contributed by atoms with Gasteiger partial charge in [0, 0.05) is 6.08 Å². The van der Waals surface area contributed by atoms with Gasteiger partial charge in [-0.2, -0.15) is 0 Å². The SMILES string of the molecule is CCOC(=O)C=Cc1ccc(C)cc1[C@@H](C)OC[C@H]1CO1. The van der Waals surface area contributed by atoms with Gasteiger partial charge in [0.2, 0.25) is 0 Å². The summed E-state index contributed by atoms with van der Waals surface area (Å²) < 4.78 is 15.9. The molecule has 0 spiro atoms. The number of esters is 1. The smallest absolute Gasteiger partial charge is 0.330 e. The fourth-order valence-corrected chi connectivity index (χ4v) is 2.05. The topological polar surface area (TPSA) is 48.1 Å². The molecule has 114 valence electrons. The Balaban J connectivity index is 2.09. The van der Waals surface area contributed by atoms with Crippen LogP contribution in [0.15, 0.2) is 24.3 Å². The Kier molecular flexibility index (Phi) is 5.53. The maximum atomic E-state index is 11.4. The van der Waals surface area contributed by atoms with E-state index in [2.05, 4.69) is 6.07 Å². The molecule has 0 N–H and O–H groups in total. The third-order valence-corrected chi connectivity index (χ3v) is 3.30. The summed E-state index contributed by atoms with van der Waals surface area (Å²) in [5.74, 6) is -0.330. The monoisotopic (exact) mass is 290 g/mol. The molecule has 0 radical (unpaired) electrons. The van der Waals surface area contributed by atoms with Gasteiger partial charge in [0.15, 0.2) is 0 Å². The molecule has 1 aliphatic rings. The maximum Gasteiger partial charge on any atom is 0.330 e. The third kappa shape index (κ3) is 4.99. The number of rotatable bonds is 7. The van der Waals surface area contributed by atoms with Crippen molar-refractivity contribution >= 4 is 12.0 Å². The Morgan fingerprint density at radius 2 is 2.29 bits per heavy atom. The molecule has 1 aromatic carbocycles. The molecule has 1 aliphatic heterocycles. The van der Waals surface area contributed by atoms with Gasteiger partial charge >= 0.3 is 5.97 Å². The second-order valence-electron chi connectivity index (χ2n) is 5.15. The molecule has 1 fully saturated rings. The Labute approximate surface area is 125 Å². The van der Waals surface area contributed by atoms with Crippen LogP contribution in [0.4, 0.5) is 0 Å². The van der Waals surface area contributed by atoms with Crippen LogP contribution < -0.4 is 0 Å². The fourth-order valence-electron chi connectivity index (χ4n) is 2.05.